The van der Waals surface area contributed by atoms with Crippen LogP contribution in [0.1, 0.15) is 17.0 Å². The molecule has 0 aliphatic heterocycles. The van der Waals surface area contributed by atoms with E-state index in [9.17, 15) is 18.3 Å². The van der Waals surface area contributed by atoms with Gasteiger partial charge in [-0.25, -0.2) is 4.98 Å². The third kappa shape index (κ3) is 4.56. The molecule has 2 aromatic rings. The lowest BCUT2D eigenvalue weighted by atomic mass is 10.1. The van der Waals surface area contributed by atoms with Gasteiger partial charge < -0.3 is 14.6 Å². The second-order valence-corrected chi connectivity index (χ2v) is 5.63. The average Bonchev–Trinajstić information content (AvgIpc) is 2.87. The van der Waals surface area contributed by atoms with Crippen molar-refractivity contribution < 1.29 is 27.8 Å². The van der Waals surface area contributed by atoms with Gasteiger partial charge in [-0.05, 0) is 32.2 Å². The molecule has 5 nitrogen and oxygen atoms in total. The summed E-state index contributed by atoms with van der Waals surface area (Å²) in [5.41, 5.74) is 0.0489. The van der Waals surface area contributed by atoms with Crippen molar-refractivity contribution in [2.75, 3.05) is 20.2 Å². The standard InChI is InChI=1S/C16H19F3N2O3/c1-10-14(8-21(2)7-13(23)9-22)20-15(24-10)11-4-3-5-12(6-11)16(17,18)19/h3-6,13,22-23H,7-9H2,1-2H3/t13-/m1/s1. The number of alkyl halides is 3. The van der Waals surface area contributed by atoms with E-state index < -0.39 is 17.8 Å². The van der Waals surface area contributed by atoms with E-state index in [2.05, 4.69) is 4.98 Å². The Bertz CT molecular complexity index is 685. The van der Waals surface area contributed by atoms with Crippen LogP contribution in [-0.4, -0.2) is 46.4 Å². The molecule has 0 saturated heterocycles. The summed E-state index contributed by atoms with van der Waals surface area (Å²) < 4.78 is 43.9. The Labute approximate surface area is 137 Å². The number of halogens is 3. The van der Waals surface area contributed by atoms with Crippen molar-refractivity contribution in [3.63, 3.8) is 0 Å². The summed E-state index contributed by atoms with van der Waals surface area (Å²) in [5, 5.41) is 18.3. The zero-order valence-corrected chi connectivity index (χ0v) is 13.3. The lowest BCUT2D eigenvalue weighted by Gasteiger charge is -2.18. The number of aromatic nitrogens is 1. The molecule has 0 amide bonds. The minimum absolute atomic E-state index is 0.115. The third-order valence-electron chi connectivity index (χ3n) is 3.48. The molecule has 0 saturated carbocycles. The topological polar surface area (TPSA) is 69.7 Å². The number of rotatable bonds is 6. The highest BCUT2D eigenvalue weighted by atomic mass is 19.4. The van der Waals surface area contributed by atoms with Crippen molar-refractivity contribution in [2.24, 2.45) is 0 Å². The summed E-state index contributed by atoms with van der Waals surface area (Å²) in [4.78, 5) is 5.99. The summed E-state index contributed by atoms with van der Waals surface area (Å²) >= 11 is 0. The fraction of sp³-hybridized carbons (Fsp3) is 0.438. The highest BCUT2D eigenvalue weighted by Crippen LogP contribution is 2.32. The molecule has 8 heteroatoms. The van der Waals surface area contributed by atoms with Crippen LogP contribution in [0.25, 0.3) is 11.5 Å². The van der Waals surface area contributed by atoms with Gasteiger partial charge in [-0.2, -0.15) is 13.2 Å². The number of aliphatic hydroxyl groups is 2. The van der Waals surface area contributed by atoms with Crippen molar-refractivity contribution >= 4 is 0 Å². The van der Waals surface area contributed by atoms with Gasteiger partial charge >= 0.3 is 6.18 Å². The lowest BCUT2D eigenvalue weighted by Crippen LogP contribution is -2.31. The van der Waals surface area contributed by atoms with Crippen molar-refractivity contribution in [1.29, 1.82) is 0 Å². The van der Waals surface area contributed by atoms with Gasteiger partial charge in [0.1, 0.15) is 5.76 Å². The lowest BCUT2D eigenvalue weighted by molar-refractivity contribution is -0.137. The van der Waals surface area contributed by atoms with E-state index in [1.54, 1.807) is 18.9 Å². The normalized spacial score (nSPS) is 13.5. The van der Waals surface area contributed by atoms with Crippen molar-refractivity contribution in [3.8, 4) is 11.5 Å². The van der Waals surface area contributed by atoms with Gasteiger partial charge in [0.25, 0.3) is 0 Å². The van der Waals surface area contributed by atoms with Crippen LogP contribution in [0.5, 0.6) is 0 Å². The second-order valence-electron chi connectivity index (χ2n) is 5.63. The quantitative estimate of drug-likeness (QED) is 0.842. The zero-order valence-electron chi connectivity index (χ0n) is 13.3. The number of oxazole rings is 1. The van der Waals surface area contributed by atoms with E-state index in [1.807, 2.05) is 0 Å². The molecule has 0 spiro atoms. The molecule has 0 aliphatic rings. The molecule has 24 heavy (non-hydrogen) atoms. The van der Waals surface area contributed by atoms with Gasteiger partial charge in [0.15, 0.2) is 0 Å². The first-order chi connectivity index (χ1) is 11.2. The van der Waals surface area contributed by atoms with E-state index in [-0.39, 0.29) is 24.6 Å². The highest BCUT2D eigenvalue weighted by molar-refractivity contribution is 5.55. The summed E-state index contributed by atoms with van der Waals surface area (Å²) in [6, 6.07) is 4.79. The van der Waals surface area contributed by atoms with Crippen molar-refractivity contribution in [3.05, 3.63) is 41.3 Å². The van der Waals surface area contributed by atoms with E-state index in [0.29, 0.717) is 18.0 Å². The van der Waals surface area contributed by atoms with E-state index >= 15 is 0 Å². The summed E-state index contributed by atoms with van der Waals surface area (Å²) in [7, 11) is 1.73. The first-order valence-electron chi connectivity index (χ1n) is 7.32. The first kappa shape index (κ1) is 18.4. The number of hydrogen-bond donors (Lipinski definition) is 2. The van der Waals surface area contributed by atoms with Crippen LogP contribution in [0, 0.1) is 6.92 Å². The SMILES string of the molecule is Cc1oc(-c2cccc(C(F)(F)F)c2)nc1CN(C)C[C@@H](O)CO. The third-order valence-corrected chi connectivity index (χ3v) is 3.48. The van der Waals surface area contributed by atoms with E-state index in [0.717, 1.165) is 12.1 Å². The largest absolute Gasteiger partial charge is 0.441 e. The van der Waals surface area contributed by atoms with E-state index in [1.165, 1.54) is 12.1 Å². The number of hydrogen-bond acceptors (Lipinski definition) is 5. The van der Waals surface area contributed by atoms with Gasteiger partial charge in [-0.3, -0.25) is 4.90 Å². The fourth-order valence-corrected chi connectivity index (χ4v) is 2.26. The highest BCUT2D eigenvalue weighted by Gasteiger charge is 2.30. The Hall–Kier alpha value is -1.90. The van der Waals surface area contributed by atoms with Crippen molar-refractivity contribution in [1.82, 2.24) is 9.88 Å². The van der Waals surface area contributed by atoms with Gasteiger partial charge in [0, 0.05) is 18.7 Å². The molecule has 0 radical (unpaired) electrons. The molecule has 0 bridgehead atoms. The van der Waals surface area contributed by atoms with Crippen LogP contribution in [0.15, 0.2) is 28.7 Å². The van der Waals surface area contributed by atoms with Gasteiger partial charge in [0.2, 0.25) is 5.89 Å². The summed E-state index contributed by atoms with van der Waals surface area (Å²) in [6.45, 7) is 1.90. The van der Waals surface area contributed by atoms with Crippen molar-refractivity contribution in [2.45, 2.75) is 25.7 Å². The van der Waals surface area contributed by atoms with Crippen LogP contribution in [0.2, 0.25) is 0 Å². The summed E-state index contributed by atoms with van der Waals surface area (Å²) in [6.07, 6.45) is -5.30. The minimum Gasteiger partial charge on any atom is -0.441 e. The smallest absolute Gasteiger partial charge is 0.416 e. The Balaban J connectivity index is 2.20. The van der Waals surface area contributed by atoms with Crippen LogP contribution < -0.4 is 0 Å². The van der Waals surface area contributed by atoms with Crippen LogP contribution in [0.3, 0.4) is 0 Å². The number of aliphatic hydroxyl groups excluding tert-OH is 2. The Morgan fingerprint density at radius 1 is 1.33 bits per heavy atom. The van der Waals surface area contributed by atoms with Gasteiger partial charge in [-0.1, -0.05) is 6.07 Å². The molecule has 0 aliphatic carbocycles. The predicted molar refractivity (Wildman–Crippen MR) is 81.1 cm³/mol. The maximum atomic E-state index is 12.8. The molecule has 2 rings (SSSR count). The second kappa shape index (κ2) is 7.33. The van der Waals surface area contributed by atoms with Crippen LogP contribution >= 0.6 is 0 Å². The van der Waals surface area contributed by atoms with Crippen LogP contribution in [-0.2, 0) is 12.7 Å². The Kier molecular flexibility index (Phi) is 5.63. The molecule has 1 atom stereocenters. The number of aryl methyl sites for hydroxylation is 1. The maximum Gasteiger partial charge on any atom is 0.416 e. The fourth-order valence-electron chi connectivity index (χ4n) is 2.26. The first-order valence-corrected chi connectivity index (χ1v) is 7.32. The average molecular weight is 344 g/mol. The Morgan fingerprint density at radius 3 is 2.67 bits per heavy atom. The molecule has 2 N–H and O–H groups in total. The molecular weight excluding hydrogens is 325 g/mol. The van der Waals surface area contributed by atoms with Gasteiger partial charge in [0.05, 0.1) is 24.0 Å². The van der Waals surface area contributed by atoms with Gasteiger partial charge in [-0.15, -0.1) is 0 Å². The Morgan fingerprint density at radius 2 is 2.04 bits per heavy atom. The molecule has 1 heterocycles. The zero-order chi connectivity index (χ0) is 17.9. The molecule has 0 unspecified atom stereocenters. The molecule has 132 valence electrons. The predicted octanol–water partition coefficient (Wildman–Crippen LogP) is 2.45. The molecular formula is C16H19F3N2O3. The number of nitrogens with zero attached hydrogens (tertiary/aromatic N) is 2. The summed E-state index contributed by atoms with van der Waals surface area (Å²) in [5.74, 6) is 0.609. The molecule has 0 fully saturated rings. The van der Waals surface area contributed by atoms with E-state index in [4.69, 9.17) is 9.52 Å². The molecule has 1 aromatic carbocycles. The minimum atomic E-state index is -4.43. The monoisotopic (exact) mass is 344 g/mol. The number of likely N-dealkylation sites (N-methyl/N-ethyl adjacent to an activating group) is 1. The molecule has 1 aromatic heterocycles. The van der Waals surface area contributed by atoms with Crippen LogP contribution in [0.4, 0.5) is 13.2 Å². The maximum absolute atomic E-state index is 12.8. The number of benzene rings is 1.